The third kappa shape index (κ3) is 5.19. The van der Waals surface area contributed by atoms with Crippen LogP contribution in [0.1, 0.15) is 24.6 Å². The molecule has 2 rings (SSSR count). The minimum atomic E-state index is -0.199. The average Bonchev–Trinajstić information content (AvgIpc) is 2.93. The van der Waals surface area contributed by atoms with Crippen molar-refractivity contribution in [2.45, 2.75) is 32.2 Å². The molecule has 2 aromatic rings. The Bertz CT molecular complexity index is 569. The van der Waals surface area contributed by atoms with E-state index in [1.165, 1.54) is 12.7 Å². The van der Waals surface area contributed by atoms with Gasteiger partial charge in [0.15, 0.2) is 5.13 Å². The minimum absolute atomic E-state index is 0.199. The van der Waals surface area contributed by atoms with Gasteiger partial charge in [0.05, 0.1) is 19.2 Å². The molecule has 1 unspecified atom stereocenters. The fourth-order valence-electron chi connectivity index (χ4n) is 2.05. The normalized spacial score (nSPS) is 11.9. The van der Waals surface area contributed by atoms with Gasteiger partial charge in [0, 0.05) is 17.8 Å². The maximum Gasteiger partial charge on any atom is 0.305 e. The Kier molecular flexibility index (Phi) is 5.75. The van der Waals surface area contributed by atoms with E-state index in [1.807, 2.05) is 11.4 Å². The molecule has 112 valence electrons. The van der Waals surface area contributed by atoms with Crippen LogP contribution in [0.15, 0.2) is 35.7 Å². The molecular formula is C16H20N2O2S. The first kappa shape index (κ1) is 15.5. The second-order valence-electron chi connectivity index (χ2n) is 4.96. The van der Waals surface area contributed by atoms with Crippen LogP contribution < -0.4 is 5.32 Å². The number of rotatable bonds is 7. The maximum absolute atomic E-state index is 11.1. The van der Waals surface area contributed by atoms with E-state index < -0.39 is 0 Å². The van der Waals surface area contributed by atoms with Gasteiger partial charge in [0.2, 0.25) is 0 Å². The number of hydrogen-bond acceptors (Lipinski definition) is 5. The van der Waals surface area contributed by atoms with Crippen molar-refractivity contribution >= 4 is 22.4 Å². The molecule has 0 amide bonds. The quantitative estimate of drug-likeness (QED) is 0.798. The number of aryl methyl sites for hydroxylation is 1. The summed E-state index contributed by atoms with van der Waals surface area (Å²) in [5.41, 5.74) is 2.24. The number of nitrogens with one attached hydrogen (secondary N) is 1. The molecule has 0 aliphatic carbocycles. The van der Waals surface area contributed by atoms with Crippen LogP contribution in [0.4, 0.5) is 5.13 Å². The van der Waals surface area contributed by atoms with Crippen molar-refractivity contribution in [2.75, 3.05) is 12.4 Å². The summed E-state index contributed by atoms with van der Waals surface area (Å²) in [6, 6.07) is 10.7. The van der Waals surface area contributed by atoms with Crippen molar-refractivity contribution in [2.24, 2.45) is 0 Å². The van der Waals surface area contributed by atoms with Crippen molar-refractivity contribution in [1.82, 2.24) is 4.98 Å². The van der Waals surface area contributed by atoms with Crippen LogP contribution >= 0.6 is 11.3 Å². The number of thiazole rings is 1. The van der Waals surface area contributed by atoms with Crippen molar-refractivity contribution in [3.63, 3.8) is 0 Å². The minimum Gasteiger partial charge on any atom is -0.469 e. The third-order valence-electron chi connectivity index (χ3n) is 3.12. The van der Waals surface area contributed by atoms with Gasteiger partial charge in [-0.05, 0) is 18.9 Å². The molecule has 0 aliphatic heterocycles. The standard InChI is InChI=1S/C16H20N2O2S/c1-12(10-13-6-4-3-5-7-13)17-16-18-14(11-21-16)8-9-15(19)20-2/h3-7,11-12H,8-10H2,1-2H3,(H,17,18). The highest BCUT2D eigenvalue weighted by molar-refractivity contribution is 7.13. The fourth-order valence-corrected chi connectivity index (χ4v) is 2.91. The van der Waals surface area contributed by atoms with E-state index in [0.29, 0.717) is 18.9 Å². The highest BCUT2D eigenvalue weighted by Gasteiger charge is 2.08. The van der Waals surface area contributed by atoms with Crippen LogP contribution in [0.3, 0.4) is 0 Å². The highest BCUT2D eigenvalue weighted by Crippen LogP contribution is 2.18. The molecule has 0 fully saturated rings. The Balaban J connectivity index is 1.83. The third-order valence-corrected chi connectivity index (χ3v) is 3.94. The lowest BCUT2D eigenvalue weighted by Crippen LogP contribution is -2.17. The fraction of sp³-hybridized carbons (Fsp3) is 0.375. The Morgan fingerprint density at radius 3 is 2.86 bits per heavy atom. The summed E-state index contributed by atoms with van der Waals surface area (Å²) >= 11 is 1.57. The molecule has 5 heteroatoms. The largest absolute Gasteiger partial charge is 0.469 e. The van der Waals surface area contributed by atoms with E-state index in [4.69, 9.17) is 0 Å². The first-order valence-electron chi connectivity index (χ1n) is 6.99. The molecule has 1 N–H and O–H groups in total. The second-order valence-corrected chi connectivity index (χ2v) is 5.81. The van der Waals surface area contributed by atoms with Crippen LogP contribution in [-0.2, 0) is 22.4 Å². The number of ether oxygens (including phenoxy) is 1. The zero-order valence-electron chi connectivity index (χ0n) is 12.3. The molecule has 1 aromatic heterocycles. The number of carbonyl (C=O) groups is 1. The molecule has 0 saturated carbocycles. The lowest BCUT2D eigenvalue weighted by molar-refractivity contribution is -0.140. The van der Waals surface area contributed by atoms with Crippen LogP contribution in [0, 0.1) is 0 Å². The molecule has 1 atom stereocenters. The lowest BCUT2D eigenvalue weighted by Gasteiger charge is -2.12. The van der Waals surface area contributed by atoms with Crippen molar-refractivity contribution in [3.05, 3.63) is 47.0 Å². The van der Waals surface area contributed by atoms with E-state index in [9.17, 15) is 4.79 Å². The summed E-state index contributed by atoms with van der Waals surface area (Å²) in [5.74, 6) is -0.199. The number of carbonyl (C=O) groups excluding carboxylic acids is 1. The topological polar surface area (TPSA) is 51.2 Å². The lowest BCUT2D eigenvalue weighted by atomic mass is 10.1. The molecular weight excluding hydrogens is 284 g/mol. The second kappa shape index (κ2) is 7.78. The molecule has 0 aliphatic rings. The molecule has 0 bridgehead atoms. The SMILES string of the molecule is COC(=O)CCc1csc(NC(C)Cc2ccccc2)n1. The molecule has 4 nitrogen and oxygen atoms in total. The van der Waals surface area contributed by atoms with Gasteiger partial charge in [0.1, 0.15) is 0 Å². The van der Waals surface area contributed by atoms with E-state index in [-0.39, 0.29) is 5.97 Å². The Labute approximate surface area is 129 Å². The molecule has 1 aromatic carbocycles. The molecule has 0 saturated heterocycles. The van der Waals surface area contributed by atoms with Gasteiger partial charge in [-0.15, -0.1) is 11.3 Å². The van der Waals surface area contributed by atoms with Crippen molar-refractivity contribution < 1.29 is 9.53 Å². The summed E-state index contributed by atoms with van der Waals surface area (Å²) in [4.78, 5) is 15.6. The number of aromatic nitrogens is 1. The van der Waals surface area contributed by atoms with Gasteiger partial charge in [0.25, 0.3) is 0 Å². The molecule has 21 heavy (non-hydrogen) atoms. The van der Waals surface area contributed by atoms with E-state index in [2.05, 4.69) is 46.2 Å². The van der Waals surface area contributed by atoms with Crippen LogP contribution in [-0.4, -0.2) is 24.1 Å². The summed E-state index contributed by atoms with van der Waals surface area (Å²) in [5, 5.41) is 6.29. The maximum atomic E-state index is 11.1. The van der Waals surface area contributed by atoms with E-state index in [0.717, 1.165) is 17.2 Å². The number of hydrogen-bond donors (Lipinski definition) is 1. The van der Waals surface area contributed by atoms with Gasteiger partial charge in [-0.25, -0.2) is 4.98 Å². The van der Waals surface area contributed by atoms with E-state index in [1.54, 1.807) is 11.3 Å². The monoisotopic (exact) mass is 304 g/mol. The van der Waals surface area contributed by atoms with Gasteiger partial charge in [-0.2, -0.15) is 0 Å². The van der Waals surface area contributed by atoms with Gasteiger partial charge < -0.3 is 10.1 Å². The molecule has 1 heterocycles. The Morgan fingerprint density at radius 1 is 1.38 bits per heavy atom. The van der Waals surface area contributed by atoms with Gasteiger partial charge >= 0.3 is 5.97 Å². The number of anilines is 1. The highest BCUT2D eigenvalue weighted by atomic mass is 32.1. The first-order chi connectivity index (χ1) is 10.2. The average molecular weight is 304 g/mol. The first-order valence-corrected chi connectivity index (χ1v) is 7.87. The predicted molar refractivity (Wildman–Crippen MR) is 85.7 cm³/mol. The Hall–Kier alpha value is -1.88. The summed E-state index contributed by atoms with van der Waals surface area (Å²) in [7, 11) is 1.40. The number of benzene rings is 1. The summed E-state index contributed by atoms with van der Waals surface area (Å²) in [6.07, 6.45) is 1.95. The molecule has 0 spiro atoms. The predicted octanol–water partition coefficient (Wildman–Crippen LogP) is 3.29. The zero-order chi connectivity index (χ0) is 15.1. The van der Waals surface area contributed by atoms with Gasteiger partial charge in [-0.1, -0.05) is 30.3 Å². The Morgan fingerprint density at radius 2 is 2.14 bits per heavy atom. The molecule has 0 radical (unpaired) electrons. The van der Waals surface area contributed by atoms with Crippen molar-refractivity contribution in [3.8, 4) is 0 Å². The smallest absolute Gasteiger partial charge is 0.305 e. The van der Waals surface area contributed by atoms with Crippen LogP contribution in [0.25, 0.3) is 0 Å². The number of nitrogens with zero attached hydrogens (tertiary/aromatic N) is 1. The van der Waals surface area contributed by atoms with Gasteiger partial charge in [-0.3, -0.25) is 4.79 Å². The number of esters is 1. The summed E-state index contributed by atoms with van der Waals surface area (Å²) < 4.78 is 4.63. The van der Waals surface area contributed by atoms with Crippen molar-refractivity contribution in [1.29, 1.82) is 0 Å². The van der Waals surface area contributed by atoms with Crippen LogP contribution in [0.2, 0.25) is 0 Å². The van der Waals surface area contributed by atoms with Crippen LogP contribution in [0.5, 0.6) is 0 Å². The summed E-state index contributed by atoms with van der Waals surface area (Å²) in [6.45, 7) is 2.14. The van der Waals surface area contributed by atoms with E-state index >= 15 is 0 Å². The zero-order valence-corrected chi connectivity index (χ0v) is 13.2. The number of methoxy groups -OCH3 is 1.